The minimum absolute atomic E-state index is 0.130. The first-order chi connectivity index (χ1) is 16.9. The van der Waals surface area contributed by atoms with Crippen molar-refractivity contribution in [2.24, 2.45) is 0 Å². The molecule has 0 amide bonds. The number of nitrogens with zero attached hydrogens (tertiary/aromatic N) is 1. The highest BCUT2D eigenvalue weighted by Gasteiger charge is 2.25. The molecule has 0 bridgehead atoms. The summed E-state index contributed by atoms with van der Waals surface area (Å²) >= 11 is 0. The average Bonchev–Trinajstić information content (AvgIpc) is 3.14. The Hall–Kier alpha value is -4.39. The fraction of sp³-hybridized carbons (Fsp3) is 0.179. The van der Waals surface area contributed by atoms with Gasteiger partial charge >= 0.3 is 11.9 Å². The Morgan fingerprint density at radius 1 is 0.886 bits per heavy atom. The highest BCUT2D eigenvalue weighted by Crippen LogP contribution is 2.31. The highest BCUT2D eigenvalue weighted by atomic mass is 16.7. The van der Waals surface area contributed by atoms with Crippen molar-refractivity contribution in [3.05, 3.63) is 101 Å². The molecule has 0 aliphatic heterocycles. The number of aromatic nitrogens is 1. The summed E-state index contributed by atoms with van der Waals surface area (Å²) in [6.07, 6.45) is -1.30. The number of benzene rings is 3. The van der Waals surface area contributed by atoms with Gasteiger partial charge in [0.15, 0.2) is 0 Å². The molecule has 4 aromatic rings. The maximum atomic E-state index is 13.4. The van der Waals surface area contributed by atoms with Crippen LogP contribution in [0.1, 0.15) is 40.4 Å². The number of carbonyl (C=O) groups excluding carboxylic acids is 3. The summed E-state index contributed by atoms with van der Waals surface area (Å²) in [7, 11) is 1.55. The molecule has 0 fully saturated rings. The van der Waals surface area contributed by atoms with Gasteiger partial charge in [0.2, 0.25) is 0 Å². The largest absolute Gasteiger partial charge is 0.497 e. The van der Waals surface area contributed by atoms with Crippen LogP contribution < -0.4 is 4.74 Å². The van der Waals surface area contributed by atoms with Crippen molar-refractivity contribution in [2.75, 3.05) is 7.11 Å². The standard InChI is InChI=1S/C28H25NO6/c1-18-23(17-26(31)35-28(34-19(2)30)21-12-8-5-9-13-21)24-16-22(33-3)14-15-25(24)29(18)27(32)20-10-6-4-7-11-20/h4-16,28H,17H2,1-3H3. The number of hydrogen-bond donors (Lipinski definition) is 0. The van der Waals surface area contributed by atoms with Gasteiger partial charge in [-0.1, -0.05) is 48.5 Å². The monoisotopic (exact) mass is 471 g/mol. The van der Waals surface area contributed by atoms with E-state index in [4.69, 9.17) is 14.2 Å². The third-order valence-electron chi connectivity index (χ3n) is 5.67. The summed E-state index contributed by atoms with van der Waals surface area (Å²) in [5, 5.41) is 0.701. The number of ether oxygens (including phenoxy) is 3. The molecule has 7 nitrogen and oxygen atoms in total. The Morgan fingerprint density at radius 2 is 1.54 bits per heavy atom. The molecule has 0 N–H and O–H groups in total. The maximum Gasteiger partial charge on any atom is 0.313 e. The normalized spacial score (nSPS) is 11.6. The Kier molecular flexibility index (Phi) is 6.96. The Balaban J connectivity index is 1.71. The third-order valence-corrected chi connectivity index (χ3v) is 5.67. The van der Waals surface area contributed by atoms with Gasteiger partial charge in [0.25, 0.3) is 12.2 Å². The van der Waals surface area contributed by atoms with Crippen molar-refractivity contribution < 1.29 is 28.6 Å². The third kappa shape index (κ3) is 5.09. The second kappa shape index (κ2) is 10.3. The van der Waals surface area contributed by atoms with Crippen LogP contribution >= 0.6 is 0 Å². The number of carbonyl (C=O) groups is 3. The number of hydrogen-bond acceptors (Lipinski definition) is 6. The SMILES string of the molecule is COc1ccc2c(c1)c(CC(=O)OC(OC(C)=O)c1ccccc1)c(C)n2C(=O)c1ccccc1. The van der Waals surface area contributed by atoms with Crippen LogP contribution in [0.5, 0.6) is 5.75 Å². The van der Waals surface area contributed by atoms with Gasteiger partial charge in [0, 0.05) is 29.1 Å². The van der Waals surface area contributed by atoms with E-state index < -0.39 is 18.2 Å². The lowest BCUT2D eigenvalue weighted by Gasteiger charge is -2.18. The summed E-state index contributed by atoms with van der Waals surface area (Å²) in [5.41, 5.74) is 2.96. The molecule has 0 saturated heterocycles. The second-order valence-electron chi connectivity index (χ2n) is 7.97. The molecule has 7 heteroatoms. The lowest BCUT2D eigenvalue weighted by molar-refractivity contribution is -0.187. The molecule has 1 heterocycles. The molecular formula is C28H25NO6. The van der Waals surface area contributed by atoms with Gasteiger partial charge < -0.3 is 14.2 Å². The van der Waals surface area contributed by atoms with Crippen LogP contribution in [0.25, 0.3) is 10.9 Å². The predicted molar refractivity (Wildman–Crippen MR) is 130 cm³/mol. The second-order valence-corrected chi connectivity index (χ2v) is 7.97. The van der Waals surface area contributed by atoms with Crippen LogP contribution in [-0.2, 0) is 25.5 Å². The van der Waals surface area contributed by atoms with Gasteiger partial charge in [0.1, 0.15) is 5.75 Å². The van der Waals surface area contributed by atoms with Gasteiger partial charge in [0.05, 0.1) is 19.0 Å². The van der Waals surface area contributed by atoms with Crippen LogP contribution in [0.3, 0.4) is 0 Å². The van der Waals surface area contributed by atoms with Gasteiger partial charge in [-0.25, -0.2) is 0 Å². The van der Waals surface area contributed by atoms with Crippen molar-refractivity contribution in [3.63, 3.8) is 0 Å². The summed E-state index contributed by atoms with van der Waals surface area (Å²) in [4.78, 5) is 38.0. The van der Waals surface area contributed by atoms with E-state index in [0.717, 1.165) is 0 Å². The van der Waals surface area contributed by atoms with E-state index in [1.165, 1.54) is 6.92 Å². The van der Waals surface area contributed by atoms with E-state index in [-0.39, 0.29) is 12.3 Å². The van der Waals surface area contributed by atoms with Crippen LogP contribution in [0, 0.1) is 6.92 Å². The lowest BCUT2D eigenvalue weighted by atomic mass is 10.1. The van der Waals surface area contributed by atoms with Crippen molar-refractivity contribution in [1.29, 1.82) is 0 Å². The smallest absolute Gasteiger partial charge is 0.313 e. The zero-order valence-corrected chi connectivity index (χ0v) is 19.7. The molecule has 0 spiro atoms. The average molecular weight is 472 g/mol. The molecule has 1 aromatic heterocycles. The molecule has 178 valence electrons. The van der Waals surface area contributed by atoms with Gasteiger partial charge in [-0.3, -0.25) is 19.0 Å². The molecule has 4 rings (SSSR count). The van der Waals surface area contributed by atoms with Crippen LogP contribution in [-0.4, -0.2) is 29.5 Å². The molecule has 0 aliphatic carbocycles. The lowest BCUT2D eigenvalue weighted by Crippen LogP contribution is -2.18. The summed E-state index contributed by atoms with van der Waals surface area (Å²) < 4.78 is 17.8. The van der Waals surface area contributed by atoms with E-state index in [1.54, 1.807) is 85.3 Å². The number of fused-ring (bicyclic) bond motifs is 1. The summed E-state index contributed by atoms with van der Waals surface area (Å²) in [5.74, 6) is -0.784. The number of methoxy groups -OCH3 is 1. The zero-order valence-electron chi connectivity index (χ0n) is 19.7. The topological polar surface area (TPSA) is 83.8 Å². The van der Waals surface area contributed by atoms with Gasteiger partial charge in [-0.15, -0.1) is 0 Å². The molecular weight excluding hydrogens is 446 g/mol. The first-order valence-electron chi connectivity index (χ1n) is 11.1. The fourth-order valence-electron chi connectivity index (χ4n) is 4.01. The van der Waals surface area contributed by atoms with Crippen molar-refractivity contribution in [3.8, 4) is 5.75 Å². The Labute approximate surface area is 202 Å². The van der Waals surface area contributed by atoms with Crippen molar-refractivity contribution in [1.82, 2.24) is 4.57 Å². The molecule has 1 unspecified atom stereocenters. The van der Waals surface area contributed by atoms with E-state index in [9.17, 15) is 14.4 Å². The fourth-order valence-corrected chi connectivity index (χ4v) is 4.01. The van der Waals surface area contributed by atoms with Gasteiger partial charge in [-0.2, -0.15) is 0 Å². The van der Waals surface area contributed by atoms with Crippen molar-refractivity contribution in [2.45, 2.75) is 26.6 Å². The minimum Gasteiger partial charge on any atom is -0.497 e. The summed E-state index contributed by atoms with van der Waals surface area (Å²) in [6.45, 7) is 3.04. The zero-order chi connectivity index (χ0) is 24.9. The van der Waals surface area contributed by atoms with Crippen LogP contribution in [0.2, 0.25) is 0 Å². The predicted octanol–water partition coefficient (Wildman–Crippen LogP) is 4.99. The van der Waals surface area contributed by atoms with E-state index in [0.29, 0.717) is 39.0 Å². The van der Waals surface area contributed by atoms with Crippen LogP contribution in [0.15, 0.2) is 78.9 Å². The van der Waals surface area contributed by atoms with E-state index in [2.05, 4.69) is 0 Å². The highest BCUT2D eigenvalue weighted by molar-refractivity contribution is 6.05. The van der Waals surface area contributed by atoms with E-state index >= 15 is 0 Å². The van der Waals surface area contributed by atoms with Gasteiger partial charge in [-0.05, 0) is 42.8 Å². The number of esters is 2. The molecule has 0 radical (unpaired) electrons. The Morgan fingerprint density at radius 3 is 2.17 bits per heavy atom. The minimum atomic E-state index is -1.17. The summed E-state index contributed by atoms with van der Waals surface area (Å²) in [6, 6.07) is 23.0. The molecule has 0 aliphatic rings. The molecule has 1 atom stereocenters. The first kappa shape index (κ1) is 23.8. The van der Waals surface area contributed by atoms with Crippen LogP contribution in [0.4, 0.5) is 0 Å². The Bertz CT molecular complexity index is 1380. The molecule has 35 heavy (non-hydrogen) atoms. The number of rotatable bonds is 7. The molecule has 0 saturated carbocycles. The van der Waals surface area contributed by atoms with E-state index in [1.807, 2.05) is 12.1 Å². The quantitative estimate of drug-likeness (QED) is 0.279. The maximum absolute atomic E-state index is 13.4. The van der Waals surface area contributed by atoms with Crippen molar-refractivity contribution >= 4 is 28.7 Å². The first-order valence-corrected chi connectivity index (χ1v) is 11.1. The molecule has 3 aromatic carbocycles.